The van der Waals surface area contributed by atoms with Gasteiger partial charge in [0.15, 0.2) is 0 Å². The van der Waals surface area contributed by atoms with E-state index in [0.29, 0.717) is 11.3 Å². The normalized spacial score (nSPS) is 10.2. The van der Waals surface area contributed by atoms with Crippen LogP contribution in [0.25, 0.3) is 0 Å². The Labute approximate surface area is 137 Å². The van der Waals surface area contributed by atoms with Gasteiger partial charge in [0, 0.05) is 30.9 Å². The van der Waals surface area contributed by atoms with Crippen LogP contribution in [0.1, 0.15) is 23.7 Å². The molecule has 2 aromatic rings. The van der Waals surface area contributed by atoms with Crippen molar-refractivity contribution >= 4 is 17.6 Å². The molecule has 0 aliphatic carbocycles. The van der Waals surface area contributed by atoms with E-state index in [-0.39, 0.29) is 25.5 Å². The van der Waals surface area contributed by atoms with E-state index in [2.05, 4.69) is 10.3 Å². The molecule has 0 aliphatic heterocycles. The van der Waals surface area contributed by atoms with Crippen molar-refractivity contribution in [3.8, 4) is 0 Å². The molecule has 2 rings (SSSR count). The zero-order valence-electron chi connectivity index (χ0n) is 13.1. The number of anilines is 1. The van der Waals surface area contributed by atoms with Gasteiger partial charge < -0.3 is 14.6 Å². The van der Waals surface area contributed by atoms with E-state index in [1.54, 1.807) is 25.1 Å². The molecule has 1 amide bonds. The number of hydrogen-bond acceptors (Lipinski definition) is 5. The molecule has 126 valence electrons. The summed E-state index contributed by atoms with van der Waals surface area (Å²) in [6.45, 7) is 2.10. The fourth-order valence-electron chi connectivity index (χ4n) is 2.00. The van der Waals surface area contributed by atoms with Gasteiger partial charge in [0.25, 0.3) is 5.56 Å². The molecule has 0 aliphatic rings. The van der Waals surface area contributed by atoms with Gasteiger partial charge in [-0.2, -0.15) is 0 Å². The van der Waals surface area contributed by atoms with Crippen molar-refractivity contribution in [3.63, 3.8) is 0 Å². The third-order valence-corrected chi connectivity index (χ3v) is 3.13. The third kappa shape index (κ3) is 4.67. The number of nitrogens with one attached hydrogen (secondary N) is 2. The number of aromatic amines is 1. The van der Waals surface area contributed by atoms with Gasteiger partial charge in [-0.25, -0.2) is 9.59 Å². The second-order valence-corrected chi connectivity index (χ2v) is 4.90. The number of hydrogen-bond donors (Lipinski definition) is 2. The number of amides is 1. The summed E-state index contributed by atoms with van der Waals surface area (Å²) in [7, 11) is 0. The Morgan fingerprint density at radius 1 is 1.25 bits per heavy atom. The third-order valence-electron chi connectivity index (χ3n) is 3.13. The molecule has 0 saturated heterocycles. The minimum atomic E-state index is -0.570. The number of aromatic nitrogens is 2. The molecule has 1 aromatic carbocycles. The molecule has 1 aromatic heterocycles. The predicted molar refractivity (Wildman–Crippen MR) is 87.0 cm³/mol. The molecule has 0 saturated carbocycles. The van der Waals surface area contributed by atoms with Gasteiger partial charge in [0.1, 0.15) is 0 Å². The van der Waals surface area contributed by atoms with Crippen LogP contribution in [0.5, 0.6) is 0 Å². The predicted octanol–water partition coefficient (Wildman–Crippen LogP) is 0.742. The maximum absolute atomic E-state index is 12.0. The number of aryl methyl sites for hydroxylation is 1. The van der Waals surface area contributed by atoms with Crippen LogP contribution >= 0.6 is 0 Å². The summed E-state index contributed by atoms with van der Waals surface area (Å²) < 4.78 is 6.13. The molecule has 1 heterocycles. The number of nitrogens with zero attached hydrogens (tertiary/aromatic N) is 1. The maximum atomic E-state index is 12.0. The zero-order chi connectivity index (χ0) is 17.5. The Bertz CT molecular complexity index is 853. The van der Waals surface area contributed by atoms with Crippen LogP contribution in [0.2, 0.25) is 0 Å². The molecule has 24 heavy (non-hydrogen) atoms. The first kappa shape index (κ1) is 17.2. The standard InChI is InChI=1S/C16H17N3O5/c1-2-24-15(22)11-4-3-5-12(10-11)17-13(20)6-8-19-9-7-14(21)18-16(19)23/h3-5,7,9-10H,2,6,8H2,1H3,(H,17,20)(H,18,21,23). The summed E-state index contributed by atoms with van der Waals surface area (Å²) in [6, 6.07) is 7.60. The first-order valence-corrected chi connectivity index (χ1v) is 7.36. The smallest absolute Gasteiger partial charge is 0.338 e. The number of rotatable bonds is 6. The van der Waals surface area contributed by atoms with Gasteiger partial charge in [-0.05, 0) is 25.1 Å². The van der Waals surface area contributed by atoms with E-state index < -0.39 is 17.2 Å². The van der Waals surface area contributed by atoms with Crippen molar-refractivity contribution in [2.45, 2.75) is 19.9 Å². The van der Waals surface area contributed by atoms with Gasteiger partial charge in [0.05, 0.1) is 12.2 Å². The highest BCUT2D eigenvalue weighted by Crippen LogP contribution is 2.12. The van der Waals surface area contributed by atoms with Crippen LogP contribution in [0.3, 0.4) is 0 Å². The second kappa shape index (κ2) is 7.91. The number of H-pyrrole nitrogens is 1. The number of ether oxygens (including phenoxy) is 1. The van der Waals surface area contributed by atoms with Crippen molar-refractivity contribution in [2.75, 3.05) is 11.9 Å². The van der Waals surface area contributed by atoms with Crippen molar-refractivity contribution in [3.05, 3.63) is 62.9 Å². The molecule has 0 spiro atoms. The Balaban J connectivity index is 1.97. The molecular weight excluding hydrogens is 314 g/mol. The lowest BCUT2D eigenvalue weighted by molar-refractivity contribution is -0.116. The second-order valence-electron chi connectivity index (χ2n) is 4.90. The number of esters is 1. The van der Waals surface area contributed by atoms with Gasteiger partial charge in [-0.1, -0.05) is 6.07 Å². The van der Waals surface area contributed by atoms with E-state index in [9.17, 15) is 19.2 Å². The first-order chi connectivity index (χ1) is 11.5. The number of carbonyl (C=O) groups is 2. The quantitative estimate of drug-likeness (QED) is 0.759. The molecule has 8 heteroatoms. The fourth-order valence-corrected chi connectivity index (χ4v) is 2.00. The van der Waals surface area contributed by atoms with Crippen LogP contribution in [0.15, 0.2) is 46.1 Å². The van der Waals surface area contributed by atoms with Crippen molar-refractivity contribution in [1.29, 1.82) is 0 Å². The summed E-state index contributed by atoms with van der Waals surface area (Å²) in [5.41, 5.74) is -0.262. The van der Waals surface area contributed by atoms with Crippen LogP contribution < -0.4 is 16.6 Å². The average Bonchev–Trinajstić information content (AvgIpc) is 2.54. The SMILES string of the molecule is CCOC(=O)c1cccc(NC(=O)CCn2ccc(=O)[nH]c2=O)c1. The van der Waals surface area contributed by atoms with Crippen LogP contribution in [-0.2, 0) is 16.1 Å². The molecule has 0 atom stereocenters. The molecule has 2 N–H and O–H groups in total. The fraction of sp³-hybridized carbons (Fsp3) is 0.250. The number of benzene rings is 1. The lowest BCUT2D eigenvalue weighted by atomic mass is 10.2. The summed E-state index contributed by atoms with van der Waals surface area (Å²) in [6.07, 6.45) is 1.37. The topological polar surface area (TPSA) is 110 Å². The monoisotopic (exact) mass is 331 g/mol. The Hall–Kier alpha value is -3.16. The van der Waals surface area contributed by atoms with Gasteiger partial charge >= 0.3 is 11.7 Å². The highest BCUT2D eigenvalue weighted by atomic mass is 16.5. The highest BCUT2D eigenvalue weighted by Gasteiger charge is 2.09. The Morgan fingerprint density at radius 2 is 2.04 bits per heavy atom. The zero-order valence-corrected chi connectivity index (χ0v) is 13.1. The molecule has 0 bridgehead atoms. The summed E-state index contributed by atoms with van der Waals surface area (Å²) in [5.74, 6) is -0.789. The molecule has 8 nitrogen and oxygen atoms in total. The lowest BCUT2D eigenvalue weighted by Crippen LogP contribution is -2.29. The van der Waals surface area contributed by atoms with E-state index in [1.165, 1.54) is 22.9 Å². The van der Waals surface area contributed by atoms with Gasteiger partial charge in [0.2, 0.25) is 5.91 Å². The lowest BCUT2D eigenvalue weighted by Gasteiger charge is -2.08. The Kier molecular flexibility index (Phi) is 5.67. The number of carbonyl (C=O) groups excluding carboxylic acids is 2. The highest BCUT2D eigenvalue weighted by molar-refractivity contribution is 5.94. The van der Waals surface area contributed by atoms with E-state index in [1.807, 2.05) is 0 Å². The summed E-state index contributed by atoms with van der Waals surface area (Å²) in [4.78, 5) is 48.2. The van der Waals surface area contributed by atoms with E-state index in [0.717, 1.165) is 0 Å². The van der Waals surface area contributed by atoms with Crippen molar-refractivity contribution < 1.29 is 14.3 Å². The van der Waals surface area contributed by atoms with E-state index in [4.69, 9.17) is 4.74 Å². The first-order valence-electron chi connectivity index (χ1n) is 7.36. The van der Waals surface area contributed by atoms with Crippen LogP contribution in [0.4, 0.5) is 5.69 Å². The maximum Gasteiger partial charge on any atom is 0.338 e. The van der Waals surface area contributed by atoms with Gasteiger partial charge in [-0.3, -0.25) is 14.6 Å². The molecule has 0 fully saturated rings. The minimum Gasteiger partial charge on any atom is -0.462 e. The molecule has 0 unspecified atom stereocenters. The van der Waals surface area contributed by atoms with Crippen molar-refractivity contribution in [2.24, 2.45) is 0 Å². The van der Waals surface area contributed by atoms with Crippen LogP contribution in [-0.4, -0.2) is 28.0 Å². The molecule has 0 radical (unpaired) electrons. The van der Waals surface area contributed by atoms with Crippen molar-refractivity contribution in [1.82, 2.24) is 9.55 Å². The Morgan fingerprint density at radius 3 is 2.75 bits per heavy atom. The minimum absolute atomic E-state index is 0.0373. The van der Waals surface area contributed by atoms with Gasteiger partial charge in [-0.15, -0.1) is 0 Å². The molecular formula is C16H17N3O5. The van der Waals surface area contributed by atoms with E-state index >= 15 is 0 Å². The largest absolute Gasteiger partial charge is 0.462 e. The summed E-state index contributed by atoms with van der Waals surface area (Å²) >= 11 is 0. The average molecular weight is 331 g/mol. The summed E-state index contributed by atoms with van der Waals surface area (Å²) in [5, 5.41) is 2.65. The van der Waals surface area contributed by atoms with Crippen LogP contribution in [0, 0.1) is 0 Å².